The van der Waals surface area contributed by atoms with Crippen molar-refractivity contribution in [1.82, 2.24) is 5.32 Å². The number of anilines is 1. The van der Waals surface area contributed by atoms with Crippen molar-refractivity contribution in [2.24, 2.45) is 5.92 Å². The van der Waals surface area contributed by atoms with E-state index in [1.807, 2.05) is 13.0 Å². The van der Waals surface area contributed by atoms with E-state index in [0.29, 0.717) is 5.92 Å². The minimum atomic E-state index is -0.214. The van der Waals surface area contributed by atoms with Gasteiger partial charge in [-0.05, 0) is 44.7 Å². The van der Waals surface area contributed by atoms with Gasteiger partial charge in [-0.25, -0.2) is 0 Å². The number of hydrogen-bond donors (Lipinski definition) is 2. The molecule has 106 valence electrons. The largest absolute Gasteiger partial charge is 0.374 e. The van der Waals surface area contributed by atoms with Gasteiger partial charge in [-0.15, -0.1) is 0 Å². The lowest BCUT2D eigenvalue weighted by molar-refractivity contribution is -0.121. The number of carbonyl (C=O) groups excluding carboxylic acids is 1. The molecular weight excluding hydrogens is 236 g/mol. The topological polar surface area (TPSA) is 41.1 Å². The molecule has 1 unspecified atom stereocenters. The molecule has 1 aromatic rings. The van der Waals surface area contributed by atoms with Crippen LogP contribution in [0.3, 0.4) is 0 Å². The third-order valence-electron chi connectivity index (χ3n) is 3.17. The highest BCUT2D eigenvalue weighted by molar-refractivity contribution is 5.84. The second kappa shape index (κ2) is 7.17. The first-order valence-electron chi connectivity index (χ1n) is 7.01. The molecule has 1 atom stereocenters. The molecule has 1 amide bonds. The van der Waals surface area contributed by atoms with E-state index >= 15 is 0 Å². The van der Waals surface area contributed by atoms with Gasteiger partial charge >= 0.3 is 0 Å². The number of hydrogen-bond acceptors (Lipinski definition) is 2. The summed E-state index contributed by atoms with van der Waals surface area (Å²) in [4.78, 5) is 11.9. The Hall–Kier alpha value is -1.51. The van der Waals surface area contributed by atoms with Crippen molar-refractivity contribution < 1.29 is 4.79 Å². The Morgan fingerprint density at radius 2 is 1.89 bits per heavy atom. The Morgan fingerprint density at radius 1 is 1.21 bits per heavy atom. The monoisotopic (exact) mass is 262 g/mol. The molecule has 0 radical (unpaired) electrons. The van der Waals surface area contributed by atoms with Crippen LogP contribution in [0.2, 0.25) is 0 Å². The van der Waals surface area contributed by atoms with Gasteiger partial charge in [0.05, 0.1) is 0 Å². The van der Waals surface area contributed by atoms with Crippen LogP contribution in [-0.2, 0) is 4.79 Å². The zero-order chi connectivity index (χ0) is 14.4. The smallest absolute Gasteiger partial charge is 0.242 e. The number of nitrogens with one attached hydrogen (secondary N) is 2. The van der Waals surface area contributed by atoms with E-state index in [-0.39, 0.29) is 11.9 Å². The molecule has 0 aliphatic rings. The van der Waals surface area contributed by atoms with Gasteiger partial charge in [-0.3, -0.25) is 4.79 Å². The van der Waals surface area contributed by atoms with Crippen molar-refractivity contribution in [3.63, 3.8) is 0 Å². The van der Waals surface area contributed by atoms with Gasteiger partial charge in [0, 0.05) is 12.2 Å². The molecule has 0 saturated heterocycles. The van der Waals surface area contributed by atoms with Crippen LogP contribution in [0.5, 0.6) is 0 Å². The molecule has 3 heteroatoms. The summed E-state index contributed by atoms with van der Waals surface area (Å²) in [7, 11) is 0. The van der Waals surface area contributed by atoms with E-state index in [0.717, 1.165) is 18.7 Å². The average molecular weight is 262 g/mol. The van der Waals surface area contributed by atoms with Crippen LogP contribution in [0.1, 0.15) is 38.3 Å². The highest BCUT2D eigenvalue weighted by Gasteiger charge is 2.12. The number of aryl methyl sites for hydroxylation is 2. The predicted octanol–water partition coefficient (Wildman–Crippen LogP) is 3.27. The molecule has 0 aliphatic heterocycles. The highest BCUT2D eigenvalue weighted by Crippen LogP contribution is 2.16. The molecular formula is C16H26N2O. The Balaban J connectivity index is 2.49. The van der Waals surface area contributed by atoms with Crippen LogP contribution in [0.25, 0.3) is 0 Å². The number of rotatable bonds is 6. The molecule has 1 rings (SSSR count). The summed E-state index contributed by atoms with van der Waals surface area (Å²) in [5, 5.41) is 6.23. The lowest BCUT2D eigenvalue weighted by Crippen LogP contribution is -2.38. The van der Waals surface area contributed by atoms with E-state index in [2.05, 4.69) is 50.5 Å². The summed E-state index contributed by atoms with van der Waals surface area (Å²) in [6.07, 6.45) is 1.02. The molecule has 0 bridgehead atoms. The van der Waals surface area contributed by atoms with E-state index in [1.54, 1.807) is 0 Å². The van der Waals surface area contributed by atoms with E-state index in [1.165, 1.54) is 11.1 Å². The molecule has 2 N–H and O–H groups in total. The SMILES string of the molecule is Cc1ccc(NC(C)C(=O)NCCC(C)C)c(C)c1. The van der Waals surface area contributed by atoms with Crippen molar-refractivity contribution in [2.45, 2.75) is 47.1 Å². The van der Waals surface area contributed by atoms with Gasteiger partial charge in [0.25, 0.3) is 0 Å². The van der Waals surface area contributed by atoms with Crippen molar-refractivity contribution >= 4 is 11.6 Å². The first-order valence-corrected chi connectivity index (χ1v) is 7.01. The maximum absolute atomic E-state index is 11.9. The molecule has 19 heavy (non-hydrogen) atoms. The average Bonchev–Trinajstić information content (AvgIpc) is 2.32. The maximum Gasteiger partial charge on any atom is 0.242 e. The molecule has 0 saturated carbocycles. The third-order valence-corrected chi connectivity index (χ3v) is 3.17. The fourth-order valence-electron chi connectivity index (χ4n) is 1.91. The zero-order valence-corrected chi connectivity index (χ0v) is 12.7. The Bertz CT molecular complexity index is 427. The fraction of sp³-hybridized carbons (Fsp3) is 0.562. The molecule has 1 aromatic carbocycles. The quantitative estimate of drug-likeness (QED) is 0.826. The van der Waals surface area contributed by atoms with Crippen LogP contribution in [0, 0.1) is 19.8 Å². The Kier molecular flexibility index (Phi) is 5.87. The second-order valence-electron chi connectivity index (χ2n) is 5.66. The standard InChI is InChI=1S/C16H26N2O/c1-11(2)8-9-17-16(19)14(5)18-15-7-6-12(3)10-13(15)4/h6-7,10-11,14,18H,8-9H2,1-5H3,(H,17,19). The fourth-order valence-corrected chi connectivity index (χ4v) is 1.91. The highest BCUT2D eigenvalue weighted by atomic mass is 16.2. The van der Waals surface area contributed by atoms with Crippen molar-refractivity contribution in [3.8, 4) is 0 Å². The minimum absolute atomic E-state index is 0.0561. The Morgan fingerprint density at radius 3 is 2.47 bits per heavy atom. The van der Waals surface area contributed by atoms with Gasteiger partial charge in [-0.1, -0.05) is 31.5 Å². The molecule has 0 spiro atoms. The van der Waals surface area contributed by atoms with Crippen molar-refractivity contribution in [1.29, 1.82) is 0 Å². The third kappa shape index (κ3) is 5.33. The van der Waals surface area contributed by atoms with Gasteiger partial charge in [-0.2, -0.15) is 0 Å². The minimum Gasteiger partial charge on any atom is -0.374 e. The van der Waals surface area contributed by atoms with Crippen molar-refractivity contribution in [2.75, 3.05) is 11.9 Å². The van der Waals surface area contributed by atoms with Gasteiger partial charge in [0.2, 0.25) is 5.91 Å². The molecule has 3 nitrogen and oxygen atoms in total. The first kappa shape index (κ1) is 15.5. The summed E-state index contributed by atoms with van der Waals surface area (Å²) in [5.74, 6) is 0.670. The molecule has 0 aliphatic carbocycles. The Labute approximate surface area is 116 Å². The molecule has 0 aromatic heterocycles. The van der Waals surface area contributed by atoms with Crippen LogP contribution in [0.15, 0.2) is 18.2 Å². The predicted molar refractivity (Wildman–Crippen MR) is 81.5 cm³/mol. The first-order chi connectivity index (χ1) is 8.90. The summed E-state index contributed by atoms with van der Waals surface area (Å²) >= 11 is 0. The summed E-state index contributed by atoms with van der Waals surface area (Å²) in [5.41, 5.74) is 3.43. The lowest BCUT2D eigenvalue weighted by atomic mass is 10.1. The van der Waals surface area contributed by atoms with Crippen LogP contribution >= 0.6 is 0 Å². The lowest BCUT2D eigenvalue weighted by Gasteiger charge is -2.17. The van der Waals surface area contributed by atoms with Crippen LogP contribution in [0.4, 0.5) is 5.69 Å². The number of carbonyl (C=O) groups is 1. The van der Waals surface area contributed by atoms with Crippen molar-refractivity contribution in [3.05, 3.63) is 29.3 Å². The molecule has 0 fully saturated rings. The zero-order valence-electron chi connectivity index (χ0n) is 12.7. The van der Waals surface area contributed by atoms with Crippen LogP contribution in [-0.4, -0.2) is 18.5 Å². The van der Waals surface area contributed by atoms with E-state index in [4.69, 9.17) is 0 Å². The van der Waals surface area contributed by atoms with Gasteiger partial charge in [0.1, 0.15) is 6.04 Å². The van der Waals surface area contributed by atoms with Gasteiger partial charge < -0.3 is 10.6 Å². The summed E-state index contributed by atoms with van der Waals surface area (Å²) in [6.45, 7) is 11.1. The summed E-state index contributed by atoms with van der Waals surface area (Å²) < 4.78 is 0. The molecule has 0 heterocycles. The van der Waals surface area contributed by atoms with Crippen LogP contribution < -0.4 is 10.6 Å². The van der Waals surface area contributed by atoms with E-state index in [9.17, 15) is 4.79 Å². The maximum atomic E-state index is 11.9. The van der Waals surface area contributed by atoms with Gasteiger partial charge in [0.15, 0.2) is 0 Å². The number of benzene rings is 1. The number of amides is 1. The van der Waals surface area contributed by atoms with E-state index < -0.39 is 0 Å². The second-order valence-corrected chi connectivity index (χ2v) is 5.66. The summed E-state index contributed by atoms with van der Waals surface area (Å²) in [6, 6.07) is 5.99. The normalized spacial score (nSPS) is 12.3.